The van der Waals surface area contributed by atoms with E-state index in [4.69, 9.17) is 5.73 Å². The summed E-state index contributed by atoms with van der Waals surface area (Å²) in [5.74, 6) is 0.980. The number of rotatable bonds is 3. The van der Waals surface area contributed by atoms with Crippen molar-refractivity contribution in [2.45, 2.75) is 57.7 Å². The zero-order valence-corrected chi connectivity index (χ0v) is 9.07. The number of amides is 1. The minimum Gasteiger partial charge on any atom is -0.336 e. The number of carbonyl (C=O) groups excluding carboxylic acids is 1. The third-order valence-corrected chi connectivity index (χ3v) is 3.47. The fourth-order valence-electron chi connectivity index (χ4n) is 2.57. The van der Waals surface area contributed by atoms with E-state index < -0.39 is 0 Å². The number of nitrogens with zero attached hydrogens (tertiary/aromatic N) is 1. The van der Waals surface area contributed by atoms with Crippen molar-refractivity contribution in [3.05, 3.63) is 0 Å². The van der Waals surface area contributed by atoms with Crippen LogP contribution in [0.3, 0.4) is 0 Å². The predicted molar refractivity (Wildman–Crippen MR) is 55.7 cm³/mol. The Morgan fingerprint density at radius 1 is 1.36 bits per heavy atom. The summed E-state index contributed by atoms with van der Waals surface area (Å²) in [5.41, 5.74) is 6.18. The Kier molecular flexibility index (Phi) is 2.52. The molecule has 80 valence electrons. The predicted octanol–water partition coefficient (Wildman–Crippen LogP) is 1.12. The molecule has 1 saturated heterocycles. The molecule has 3 heteroatoms. The first-order chi connectivity index (χ1) is 6.61. The van der Waals surface area contributed by atoms with Gasteiger partial charge in [-0.05, 0) is 39.0 Å². The molecule has 2 aliphatic rings. The van der Waals surface area contributed by atoms with E-state index in [0.29, 0.717) is 30.3 Å². The summed E-state index contributed by atoms with van der Waals surface area (Å²) >= 11 is 0. The lowest BCUT2D eigenvalue weighted by molar-refractivity contribution is -0.130. The van der Waals surface area contributed by atoms with Gasteiger partial charge in [0, 0.05) is 24.5 Å². The Labute approximate surface area is 85.6 Å². The molecule has 2 N–H and O–H groups in total. The van der Waals surface area contributed by atoms with Crippen LogP contribution in [0.15, 0.2) is 0 Å². The van der Waals surface area contributed by atoms with E-state index in [1.54, 1.807) is 0 Å². The molecular formula is C11H20N2O. The van der Waals surface area contributed by atoms with Crippen molar-refractivity contribution in [3.8, 4) is 0 Å². The largest absolute Gasteiger partial charge is 0.336 e. The lowest BCUT2D eigenvalue weighted by Gasteiger charge is -2.32. The van der Waals surface area contributed by atoms with Crippen LogP contribution in [-0.2, 0) is 4.79 Å². The van der Waals surface area contributed by atoms with Gasteiger partial charge in [-0.1, -0.05) is 0 Å². The summed E-state index contributed by atoms with van der Waals surface area (Å²) < 4.78 is 0. The van der Waals surface area contributed by atoms with Crippen LogP contribution in [0.5, 0.6) is 0 Å². The lowest BCUT2D eigenvalue weighted by Crippen LogP contribution is -2.49. The summed E-state index contributed by atoms with van der Waals surface area (Å²) in [6, 6.07) is 0.846. The summed E-state index contributed by atoms with van der Waals surface area (Å²) in [6.07, 6.45) is 4.19. The van der Waals surface area contributed by atoms with Crippen LogP contribution < -0.4 is 5.73 Å². The number of nitrogens with two attached hydrogens (primary N) is 1. The van der Waals surface area contributed by atoms with Gasteiger partial charge < -0.3 is 10.6 Å². The summed E-state index contributed by atoms with van der Waals surface area (Å²) in [5, 5.41) is 0. The van der Waals surface area contributed by atoms with Gasteiger partial charge in [-0.2, -0.15) is 0 Å². The maximum atomic E-state index is 11.6. The molecule has 2 atom stereocenters. The average Bonchev–Trinajstić information content (AvgIpc) is 2.88. The summed E-state index contributed by atoms with van der Waals surface area (Å²) in [6.45, 7) is 4.16. The first-order valence-electron chi connectivity index (χ1n) is 5.68. The van der Waals surface area contributed by atoms with Gasteiger partial charge in [0.2, 0.25) is 5.91 Å². The van der Waals surface area contributed by atoms with Gasteiger partial charge in [0.05, 0.1) is 0 Å². The van der Waals surface area contributed by atoms with E-state index in [0.717, 1.165) is 6.42 Å². The van der Waals surface area contributed by atoms with Crippen molar-refractivity contribution >= 4 is 5.91 Å². The van der Waals surface area contributed by atoms with Gasteiger partial charge in [0.25, 0.3) is 0 Å². The van der Waals surface area contributed by atoms with Crippen molar-refractivity contribution in [1.29, 1.82) is 0 Å². The fraction of sp³-hybridized carbons (Fsp3) is 0.909. The Morgan fingerprint density at radius 3 is 2.50 bits per heavy atom. The second-order valence-electron chi connectivity index (χ2n) is 4.92. The molecule has 1 saturated carbocycles. The summed E-state index contributed by atoms with van der Waals surface area (Å²) in [4.78, 5) is 13.6. The molecule has 0 aromatic carbocycles. The minimum absolute atomic E-state index is 0.226. The zero-order valence-electron chi connectivity index (χ0n) is 9.07. The van der Waals surface area contributed by atoms with E-state index >= 15 is 0 Å². The highest BCUT2D eigenvalue weighted by Crippen LogP contribution is 2.37. The molecule has 0 aromatic heterocycles. The van der Waals surface area contributed by atoms with Gasteiger partial charge in [0.1, 0.15) is 0 Å². The zero-order chi connectivity index (χ0) is 10.3. The molecule has 1 amide bonds. The second kappa shape index (κ2) is 3.54. The van der Waals surface area contributed by atoms with Crippen molar-refractivity contribution in [2.75, 3.05) is 0 Å². The maximum absolute atomic E-state index is 11.6. The van der Waals surface area contributed by atoms with Crippen molar-refractivity contribution in [2.24, 2.45) is 11.7 Å². The molecule has 0 radical (unpaired) electrons. The van der Waals surface area contributed by atoms with E-state index in [-0.39, 0.29) is 6.04 Å². The molecule has 0 bridgehead atoms. The topological polar surface area (TPSA) is 46.3 Å². The monoisotopic (exact) mass is 196 g/mol. The van der Waals surface area contributed by atoms with Crippen LogP contribution in [0.4, 0.5) is 0 Å². The molecule has 1 aliphatic heterocycles. The molecule has 2 fully saturated rings. The van der Waals surface area contributed by atoms with Crippen LogP contribution in [0.1, 0.15) is 39.5 Å². The number of hydrogen-bond donors (Lipinski definition) is 1. The number of likely N-dealkylation sites (tertiary alicyclic amines) is 1. The molecular weight excluding hydrogens is 176 g/mol. The lowest BCUT2D eigenvalue weighted by atomic mass is 10.0. The molecule has 1 heterocycles. The maximum Gasteiger partial charge on any atom is 0.223 e. The normalized spacial score (nSPS) is 30.1. The van der Waals surface area contributed by atoms with Crippen LogP contribution in [-0.4, -0.2) is 28.9 Å². The molecule has 2 unspecified atom stereocenters. The van der Waals surface area contributed by atoms with Crippen molar-refractivity contribution in [1.82, 2.24) is 4.90 Å². The van der Waals surface area contributed by atoms with Gasteiger partial charge in [0.15, 0.2) is 0 Å². The Balaban J connectivity index is 2.06. The fourth-order valence-corrected chi connectivity index (χ4v) is 2.57. The van der Waals surface area contributed by atoms with Gasteiger partial charge >= 0.3 is 0 Å². The average molecular weight is 196 g/mol. The van der Waals surface area contributed by atoms with Crippen molar-refractivity contribution < 1.29 is 4.79 Å². The van der Waals surface area contributed by atoms with E-state index in [1.165, 1.54) is 12.8 Å². The van der Waals surface area contributed by atoms with E-state index in [1.807, 2.05) is 4.90 Å². The number of carbonyl (C=O) groups is 1. The van der Waals surface area contributed by atoms with Gasteiger partial charge in [-0.3, -0.25) is 4.79 Å². The number of hydrogen-bond acceptors (Lipinski definition) is 2. The van der Waals surface area contributed by atoms with Gasteiger partial charge in [-0.15, -0.1) is 0 Å². The van der Waals surface area contributed by atoms with Crippen LogP contribution in [0.25, 0.3) is 0 Å². The smallest absolute Gasteiger partial charge is 0.223 e. The quantitative estimate of drug-likeness (QED) is 0.735. The third-order valence-electron chi connectivity index (χ3n) is 3.47. The Bertz CT molecular complexity index is 235. The van der Waals surface area contributed by atoms with Crippen LogP contribution in [0.2, 0.25) is 0 Å². The molecule has 1 aliphatic carbocycles. The minimum atomic E-state index is 0.226. The third kappa shape index (κ3) is 1.65. The molecule has 0 aromatic rings. The second-order valence-corrected chi connectivity index (χ2v) is 4.92. The SMILES string of the molecule is CC(C)N1C(=O)CCC1C(N)C1CC1. The van der Waals surface area contributed by atoms with Crippen LogP contribution >= 0.6 is 0 Å². The standard InChI is InChI=1S/C11H20N2O/c1-7(2)13-9(5-6-10(13)14)11(12)8-3-4-8/h7-9,11H,3-6,12H2,1-2H3. The van der Waals surface area contributed by atoms with Crippen LogP contribution in [0, 0.1) is 5.92 Å². The van der Waals surface area contributed by atoms with Crippen molar-refractivity contribution in [3.63, 3.8) is 0 Å². The Hall–Kier alpha value is -0.570. The van der Waals surface area contributed by atoms with E-state index in [2.05, 4.69) is 13.8 Å². The first-order valence-corrected chi connectivity index (χ1v) is 5.68. The molecule has 3 nitrogen and oxygen atoms in total. The van der Waals surface area contributed by atoms with Gasteiger partial charge in [-0.25, -0.2) is 0 Å². The molecule has 0 spiro atoms. The first kappa shape index (κ1) is 9.97. The highest BCUT2D eigenvalue weighted by atomic mass is 16.2. The summed E-state index contributed by atoms with van der Waals surface area (Å²) in [7, 11) is 0. The highest BCUT2D eigenvalue weighted by molar-refractivity contribution is 5.79. The highest BCUT2D eigenvalue weighted by Gasteiger charge is 2.42. The van der Waals surface area contributed by atoms with E-state index in [9.17, 15) is 4.79 Å². The molecule has 14 heavy (non-hydrogen) atoms. The molecule has 2 rings (SSSR count). The Morgan fingerprint density at radius 2 is 2.00 bits per heavy atom.